The molecule has 1 rings (SSSR count). The van der Waals surface area contributed by atoms with Crippen molar-refractivity contribution in [2.45, 2.75) is 26.4 Å². The van der Waals surface area contributed by atoms with Crippen molar-refractivity contribution in [2.24, 2.45) is 5.41 Å². The van der Waals surface area contributed by atoms with Crippen LogP contribution >= 0.6 is 23.2 Å². The van der Waals surface area contributed by atoms with Gasteiger partial charge >= 0.3 is 0 Å². The first-order chi connectivity index (χ1) is 7.46. The predicted molar refractivity (Wildman–Crippen MR) is 65.4 cm³/mol. The van der Waals surface area contributed by atoms with E-state index in [2.05, 4.69) is 6.07 Å². The average molecular weight is 258 g/mol. The molecule has 1 aromatic carbocycles. The van der Waals surface area contributed by atoms with E-state index in [4.69, 9.17) is 28.5 Å². The Morgan fingerprint density at radius 1 is 1.44 bits per heavy atom. The van der Waals surface area contributed by atoms with Crippen LogP contribution < -0.4 is 0 Å². The van der Waals surface area contributed by atoms with E-state index in [1.807, 2.05) is 6.92 Å². The normalized spacial score (nSPS) is 16.2. The quantitative estimate of drug-likeness (QED) is 0.891. The van der Waals surface area contributed by atoms with Gasteiger partial charge in [0, 0.05) is 15.6 Å². The molecule has 2 unspecified atom stereocenters. The summed E-state index contributed by atoms with van der Waals surface area (Å²) >= 11 is 12.0. The highest BCUT2D eigenvalue weighted by molar-refractivity contribution is 6.36. The van der Waals surface area contributed by atoms with Crippen LogP contribution in [0.25, 0.3) is 0 Å². The second-order valence-corrected chi connectivity index (χ2v) is 4.74. The van der Waals surface area contributed by atoms with E-state index < -0.39 is 11.5 Å². The Morgan fingerprint density at radius 2 is 1.94 bits per heavy atom. The predicted octanol–water partition coefficient (Wildman–Crippen LogP) is 3.97. The molecule has 0 heterocycles. The first-order valence-electron chi connectivity index (χ1n) is 4.99. The first-order valence-corrected chi connectivity index (χ1v) is 5.75. The third kappa shape index (κ3) is 2.32. The average Bonchev–Trinajstić information content (AvgIpc) is 2.27. The van der Waals surface area contributed by atoms with E-state index in [-0.39, 0.29) is 0 Å². The van der Waals surface area contributed by atoms with E-state index in [0.717, 1.165) is 0 Å². The van der Waals surface area contributed by atoms with Gasteiger partial charge < -0.3 is 5.11 Å². The van der Waals surface area contributed by atoms with Crippen LogP contribution in [0.4, 0.5) is 0 Å². The number of benzene rings is 1. The molecule has 0 saturated carbocycles. The molecule has 0 amide bonds. The molecule has 0 spiro atoms. The third-order valence-corrected chi connectivity index (χ3v) is 3.53. The van der Waals surface area contributed by atoms with Gasteiger partial charge in [-0.05, 0) is 25.5 Å². The summed E-state index contributed by atoms with van der Waals surface area (Å²) in [7, 11) is 0. The summed E-state index contributed by atoms with van der Waals surface area (Å²) in [5.41, 5.74) is -0.453. The maximum absolute atomic E-state index is 10.2. The van der Waals surface area contributed by atoms with E-state index in [1.165, 1.54) is 0 Å². The number of hydrogen-bond donors (Lipinski definition) is 1. The molecule has 0 radical (unpaired) electrons. The molecule has 0 fully saturated rings. The van der Waals surface area contributed by atoms with Gasteiger partial charge in [-0.25, -0.2) is 0 Å². The van der Waals surface area contributed by atoms with E-state index >= 15 is 0 Å². The van der Waals surface area contributed by atoms with Crippen molar-refractivity contribution in [2.75, 3.05) is 0 Å². The highest BCUT2D eigenvalue weighted by Crippen LogP contribution is 2.41. The molecular weight excluding hydrogens is 245 g/mol. The summed E-state index contributed by atoms with van der Waals surface area (Å²) in [5, 5.41) is 20.1. The second-order valence-electron chi connectivity index (χ2n) is 3.92. The van der Waals surface area contributed by atoms with E-state index in [1.54, 1.807) is 25.1 Å². The molecule has 0 aliphatic heterocycles. The summed E-state index contributed by atoms with van der Waals surface area (Å²) < 4.78 is 0. The van der Waals surface area contributed by atoms with Gasteiger partial charge in [-0.1, -0.05) is 36.2 Å². The molecule has 2 nitrogen and oxygen atoms in total. The van der Waals surface area contributed by atoms with Crippen LogP contribution in [0.5, 0.6) is 0 Å². The lowest BCUT2D eigenvalue weighted by molar-refractivity contribution is 0.0724. The van der Waals surface area contributed by atoms with Crippen LogP contribution in [0, 0.1) is 16.7 Å². The lowest BCUT2D eigenvalue weighted by atomic mass is 9.80. The van der Waals surface area contributed by atoms with Crippen molar-refractivity contribution in [1.82, 2.24) is 0 Å². The van der Waals surface area contributed by atoms with Crippen LogP contribution in [-0.2, 0) is 0 Å². The van der Waals surface area contributed by atoms with Gasteiger partial charge in [0.1, 0.15) is 6.10 Å². The fraction of sp³-hybridized carbons (Fsp3) is 0.417. The maximum atomic E-state index is 10.2. The standard InChI is InChI=1S/C12H13Cl2NO/c1-3-12(2,7-15)11(16)10-8(13)5-4-6-9(10)14/h4-6,11,16H,3H2,1-2H3. The van der Waals surface area contributed by atoms with Gasteiger partial charge in [-0.2, -0.15) is 5.26 Å². The highest BCUT2D eigenvalue weighted by Gasteiger charge is 2.34. The molecule has 1 aromatic rings. The number of aliphatic hydroxyl groups is 1. The monoisotopic (exact) mass is 257 g/mol. The Hall–Kier alpha value is -0.750. The van der Waals surface area contributed by atoms with Gasteiger partial charge in [0.25, 0.3) is 0 Å². The zero-order chi connectivity index (χ0) is 12.3. The zero-order valence-electron chi connectivity index (χ0n) is 9.17. The van der Waals surface area contributed by atoms with Crippen LogP contribution in [0.3, 0.4) is 0 Å². The Balaban J connectivity index is 3.25. The summed E-state index contributed by atoms with van der Waals surface area (Å²) in [6.45, 7) is 3.54. The summed E-state index contributed by atoms with van der Waals surface area (Å²) in [6.07, 6.45) is -0.463. The second kappa shape index (κ2) is 5.05. The molecule has 4 heteroatoms. The minimum atomic E-state index is -0.983. The lowest BCUT2D eigenvalue weighted by Gasteiger charge is -2.27. The first kappa shape index (κ1) is 13.3. The number of aliphatic hydroxyl groups excluding tert-OH is 1. The summed E-state index contributed by atoms with van der Waals surface area (Å²) in [4.78, 5) is 0. The number of nitrogens with zero attached hydrogens (tertiary/aromatic N) is 1. The van der Waals surface area contributed by atoms with Crippen molar-refractivity contribution < 1.29 is 5.11 Å². The fourth-order valence-electron chi connectivity index (χ4n) is 1.42. The molecule has 0 bridgehead atoms. The fourth-order valence-corrected chi connectivity index (χ4v) is 2.03. The molecule has 0 aliphatic carbocycles. The van der Waals surface area contributed by atoms with Gasteiger partial charge in [-0.15, -0.1) is 0 Å². The van der Waals surface area contributed by atoms with Gasteiger partial charge in [0.05, 0.1) is 11.5 Å². The highest BCUT2D eigenvalue weighted by atomic mass is 35.5. The van der Waals surface area contributed by atoms with Crippen molar-refractivity contribution in [3.63, 3.8) is 0 Å². The Kier molecular flexibility index (Phi) is 4.21. The zero-order valence-corrected chi connectivity index (χ0v) is 10.7. The van der Waals surface area contributed by atoms with Crippen LogP contribution in [0.1, 0.15) is 31.9 Å². The van der Waals surface area contributed by atoms with Crippen molar-refractivity contribution >= 4 is 23.2 Å². The molecule has 0 saturated heterocycles. The molecular formula is C12H13Cl2NO. The largest absolute Gasteiger partial charge is 0.387 e. The summed E-state index contributed by atoms with van der Waals surface area (Å²) in [5.74, 6) is 0. The van der Waals surface area contributed by atoms with E-state index in [9.17, 15) is 5.11 Å². The Bertz CT molecular complexity index is 407. The molecule has 86 valence electrons. The van der Waals surface area contributed by atoms with Crippen LogP contribution in [-0.4, -0.2) is 5.11 Å². The van der Waals surface area contributed by atoms with Crippen LogP contribution in [0.2, 0.25) is 10.0 Å². The lowest BCUT2D eigenvalue weighted by Crippen LogP contribution is -2.23. The van der Waals surface area contributed by atoms with Gasteiger partial charge in [0.2, 0.25) is 0 Å². The van der Waals surface area contributed by atoms with E-state index in [0.29, 0.717) is 22.0 Å². The minimum absolute atomic E-state index is 0.384. The van der Waals surface area contributed by atoms with Crippen molar-refractivity contribution in [3.05, 3.63) is 33.8 Å². The molecule has 16 heavy (non-hydrogen) atoms. The maximum Gasteiger partial charge on any atom is 0.100 e. The SMILES string of the molecule is CCC(C)(C#N)C(O)c1c(Cl)cccc1Cl. The molecule has 1 N–H and O–H groups in total. The van der Waals surface area contributed by atoms with Gasteiger partial charge in [0.15, 0.2) is 0 Å². The van der Waals surface area contributed by atoms with Gasteiger partial charge in [-0.3, -0.25) is 0 Å². The molecule has 2 atom stereocenters. The number of halogens is 2. The van der Waals surface area contributed by atoms with Crippen molar-refractivity contribution in [1.29, 1.82) is 5.26 Å². The number of nitriles is 1. The smallest absolute Gasteiger partial charge is 0.100 e. The number of hydrogen-bond acceptors (Lipinski definition) is 2. The Morgan fingerprint density at radius 3 is 2.31 bits per heavy atom. The van der Waals surface area contributed by atoms with Crippen LogP contribution in [0.15, 0.2) is 18.2 Å². The third-order valence-electron chi connectivity index (χ3n) is 2.87. The van der Waals surface area contributed by atoms with Crippen molar-refractivity contribution in [3.8, 4) is 6.07 Å². The Labute approximate surface area is 105 Å². The minimum Gasteiger partial charge on any atom is -0.387 e. The number of rotatable bonds is 3. The summed E-state index contributed by atoms with van der Waals surface area (Å²) in [6, 6.07) is 7.12. The molecule has 0 aromatic heterocycles. The topological polar surface area (TPSA) is 44.0 Å². The molecule has 0 aliphatic rings.